The smallest absolute Gasteiger partial charge is 0.149 e. The standard InChI is InChI=1S/C13H20N2O.C8H12N2.C2H6/c1-12(4-5-13(2)11-16)10-15-8-6-14(3)7-9-15;1-6-3-4-7(10-2)5-8(6)9;1-2/h4-5,11H,1-2,6-10H2,3H3;3-5,10H,9H2,1-2H3;1-2H3/b5-4-;;. The van der Waals surface area contributed by atoms with Gasteiger partial charge in [-0.1, -0.05) is 45.2 Å². The number of hydrogen-bond donors (Lipinski definition) is 2. The lowest BCUT2D eigenvalue weighted by molar-refractivity contribution is -0.104. The number of allylic oxidation sites excluding steroid dienone is 2. The number of piperazine rings is 1. The van der Waals surface area contributed by atoms with Gasteiger partial charge in [-0.3, -0.25) is 9.69 Å². The Morgan fingerprint density at radius 3 is 2.29 bits per heavy atom. The summed E-state index contributed by atoms with van der Waals surface area (Å²) >= 11 is 0. The third kappa shape index (κ3) is 10.7. The molecule has 5 nitrogen and oxygen atoms in total. The zero-order chi connectivity index (χ0) is 21.5. The highest BCUT2D eigenvalue weighted by atomic mass is 16.1. The Kier molecular flexibility index (Phi) is 13.4. The third-order valence-electron chi connectivity index (χ3n) is 4.27. The summed E-state index contributed by atoms with van der Waals surface area (Å²) in [4.78, 5) is 15.0. The summed E-state index contributed by atoms with van der Waals surface area (Å²) in [6.45, 7) is 18.8. The van der Waals surface area contributed by atoms with Crippen LogP contribution in [0.2, 0.25) is 0 Å². The molecule has 0 bridgehead atoms. The maximum Gasteiger partial charge on any atom is 0.149 e. The molecule has 0 amide bonds. The number of nitrogens with one attached hydrogen (secondary N) is 1. The predicted molar refractivity (Wildman–Crippen MR) is 124 cm³/mol. The largest absolute Gasteiger partial charge is 0.398 e. The molecule has 1 aliphatic heterocycles. The first-order chi connectivity index (χ1) is 13.3. The molecule has 0 aliphatic carbocycles. The molecule has 28 heavy (non-hydrogen) atoms. The molecule has 3 N–H and O–H groups in total. The lowest BCUT2D eigenvalue weighted by Crippen LogP contribution is -2.44. The number of carbonyl (C=O) groups is 1. The van der Waals surface area contributed by atoms with Crippen molar-refractivity contribution >= 4 is 17.7 Å². The van der Waals surface area contributed by atoms with Crippen molar-refractivity contribution in [3.8, 4) is 0 Å². The molecule has 1 saturated heterocycles. The van der Waals surface area contributed by atoms with Gasteiger partial charge in [-0.25, -0.2) is 0 Å². The summed E-state index contributed by atoms with van der Waals surface area (Å²) in [5.41, 5.74) is 10.2. The van der Waals surface area contributed by atoms with Gasteiger partial charge in [-0.15, -0.1) is 0 Å². The molecule has 5 heteroatoms. The SMILES string of the molecule is C=C(C=O)/C=C\C(=C)CN1CCN(C)CC1.CC.CNc1ccc(C)c(N)c1. The van der Waals surface area contributed by atoms with Crippen LogP contribution in [-0.4, -0.2) is 62.9 Å². The number of rotatable bonds is 6. The number of nitrogen functional groups attached to an aromatic ring is 1. The highest BCUT2D eigenvalue weighted by Gasteiger charge is 2.13. The molecule has 1 fully saturated rings. The minimum atomic E-state index is 0.486. The highest BCUT2D eigenvalue weighted by molar-refractivity contribution is 5.76. The van der Waals surface area contributed by atoms with Crippen molar-refractivity contribution in [3.63, 3.8) is 0 Å². The lowest BCUT2D eigenvalue weighted by atomic mass is 10.2. The summed E-state index contributed by atoms with van der Waals surface area (Å²) in [6.07, 6.45) is 4.33. The minimum absolute atomic E-state index is 0.486. The van der Waals surface area contributed by atoms with Gasteiger partial charge in [-0.05, 0) is 37.2 Å². The minimum Gasteiger partial charge on any atom is -0.398 e. The van der Waals surface area contributed by atoms with Crippen LogP contribution >= 0.6 is 0 Å². The van der Waals surface area contributed by atoms with Crippen LogP contribution < -0.4 is 11.1 Å². The average Bonchev–Trinajstić information content (AvgIpc) is 2.72. The molecule has 0 unspecified atom stereocenters. The summed E-state index contributed by atoms with van der Waals surface area (Å²) in [5.74, 6) is 0. The van der Waals surface area contributed by atoms with E-state index in [1.165, 1.54) is 0 Å². The van der Waals surface area contributed by atoms with Crippen LogP contribution in [0.25, 0.3) is 0 Å². The van der Waals surface area contributed by atoms with Crippen LogP contribution in [-0.2, 0) is 4.79 Å². The van der Waals surface area contributed by atoms with Crippen molar-refractivity contribution in [3.05, 3.63) is 60.2 Å². The maximum absolute atomic E-state index is 10.3. The number of aldehydes is 1. The van der Waals surface area contributed by atoms with Crippen LogP contribution in [0.3, 0.4) is 0 Å². The molecular weight excluding hydrogens is 348 g/mol. The predicted octanol–water partition coefficient (Wildman–Crippen LogP) is 3.75. The van der Waals surface area contributed by atoms with Crippen molar-refractivity contribution in [1.29, 1.82) is 0 Å². The molecule has 0 spiro atoms. The molecule has 0 aromatic heterocycles. The molecule has 1 heterocycles. The Balaban J connectivity index is 0.000000520. The molecule has 0 saturated carbocycles. The van der Waals surface area contributed by atoms with Crippen molar-refractivity contribution in [2.45, 2.75) is 20.8 Å². The second-order valence-corrected chi connectivity index (χ2v) is 6.59. The van der Waals surface area contributed by atoms with E-state index in [-0.39, 0.29) is 0 Å². The van der Waals surface area contributed by atoms with Gasteiger partial charge in [-0.2, -0.15) is 0 Å². The number of hydrogen-bond acceptors (Lipinski definition) is 5. The zero-order valence-electron chi connectivity index (χ0n) is 18.3. The van der Waals surface area contributed by atoms with Crippen molar-refractivity contribution in [2.24, 2.45) is 0 Å². The molecule has 0 radical (unpaired) electrons. The first-order valence-electron chi connectivity index (χ1n) is 9.80. The average molecular weight is 387 g/mol. The molecule has 0 atom stereocenters. The maximum atomic E-state index is 10.3. The van der Waals surface area contributed by atoms with E-state index < -0.39 is 0 Å². The second kappa shape index (κ2) is 14.7. The van der Waals surface area contributed by atoms with E-state index in [0.29, 0.717) is 5.57 Å². The van der Waals surface area contributed by atoms with E-state index in [1.807, 2.05) is 52.1 Å². The molecular formula is C23H38N4O. The first-order valence-corrected chi connectivity index (χ1v) is 9.80. The number of carbonyl (C=O) groups excluding carboxylic acids is 1. The van der Waals surface area contributed by atoms with E-state index in [2.05, 4.69) is 35.3 Å². The lowest BCUT2D eigenvalue weighted by Gasteiger charge is -2.32. The number of likely N-dealkylation sites (N-methyl/N-ethyl adjacent to an activating group) is 1. The van der Waals surface area contributed by atoms with Crippen LogP contribution in [0, 0.1) is 6.92 Å². The first kappa shape index (κ1) is 25.6. The van der Waals surface area contributed by atoms with E-state index in [4.69, 9.17) is 5.73 Å². The number of nitrogens with two attached hydrogens (primary N) is 1. The highest BCUT2D eigenvalue weighted by Crippen LogP contribution is 2.15. The Morgan fingerprint density at radius 2 is 1.79 bits per heavy atom. The second-order valence-electron chi connectivity index (χ2n) is 6.59. The van der Waals surface area contributed by atoms with Crippen molar-refractivity contribution in [1.82, 2.24) is 9.80 Å². The summed E-state index contributed by atoms with van der Waals surface area (Å²) < 4.78 is 0. The van der Waals surface area contributed by atoms with Gasteiger partial charge >= 0.3 is 0 Å². The van der Waals surface area contributed by atoms with Crippen LogP contribution in [0.5, 0.6) is 0 Å². The number of benzene rings is 1. The summed E-state index contributed by atoms with van der Waals surface area (Å²) in [7, 11) is 4.02. The van der Waals surface area contributed by atoms with E-state index in [1.54, 1.807) is 6.08 Å². The summed E-state index contributed by atoms with van der Waals surface area (Å²) in [5, 5.41) is 3.01. The van der Waals surface area contributed by atoms with Gasteiger partial charge in [0.1, 0.15) is 6.29 Å². The van der Waals surface area contributed by atoms with E-state index >= 15 is 0 Å². The monoisotopic (exact) mass is 386 g/mol. The number of anilines is 2. The van der Waals surface area contributed by atoms with Crippen molar-refractivity contribution in [2.75, 3.05) is 57.9 Å². The Morgan fingerprint density at radius 1 is 1.18 bits per heavy atom. The third-order valence-corrected chi connectivity index (χ3v) is 4.27. The Labute approximate surface area is 171 Å². The van der Waals surface area contributed by atoms with Gasteiger partial charge in [0.2, 0.25) is 0 Å². The molecule has 1 aromatic rings. The fourth-order valence-electron chi connectivity index (χ4n) is 2.41. The topological polar surface area (TPSA) is 61.6 Å². The van der Waals surface area contributed by atoms with Gasteiger partial charge in [0, 0.05) is 56.7 Å². The van der Waals surface area contributed by atoms with Gasteiger partial charge in [0.05, 0.1) is 0 Å². The zero-order valence-corrected chi connectivity index (χ0v) is 18.3. The fraction of sp³-hybridized carbons (Fsp3) is 0.435. The van der Waals surface area contributed by atoms with Crippen molar-refractivity contribution < 1.29 is 4.79 Å². The van der Waals surface area contributed by atoms with Crippen LogP contribution in [0.15, 0.2) is 54.7 Å². The molecule has 156 valence electrons. The summed E-state index contributed by atoms with van der Waals surface area (Å²) in [6, 6.07) is 5.93. The molecule has 2 rings (SSSR count). The normalized spacial score (nSPS) is 14.3. The molecule has 1 aliphatic rings. The van der Waals surface area contributed by atoms with Gasteiger partial charge < -0.3 is 16.0 Å². The van der Waals surface area contributed by atoms with Crippen LogP contribution in [0.1, 0.15) is 19.4 Å². The Bertz CT molecular complexity index is 644. The number of aryl methyl sites for hydroxylation is 1. The Hall–Kier alpha value is -2.37. The van der Waals surface area contributed by atoms with Gasteiger partial charge in [0.15, 0.2) is 0 Å². The molecule has 1 aromatic carbocycles. The van der Waals surface area contributed by atoms with Crippen LogP contribution in [0.4, 0.5) is 11.4 Å². The van der Waals surface area contributed by atoms with E-state index in [9.17, 15) is 4.79 Å². The number of nitrogens with zero attached hydrogens (tertiary/aromatic N) is 2. The van der Waals surface area contributed by atoms with Gasteiger partial charge in [0.25, 0.3) is 0 Å². The fourth-order valence-corrected chi connectivity index (χ4v) is 2.41. The van der Waals surface area contributed by atoms with E-state index in [0.717, 1.165) is 61.5 Å². The quantitative estimate of drug-likeness (QED) is 0.337.